The lowest BCUT2D eigenvalue weighted by Crippen LogP contribution is -2.50. The van der Waals surface area contributed by atoms with Crippen molar-refractivity contribution in [3.8, 4) is 0 Å². The normalized spacial score (nSPS) is 17.4. The topological polar surface area (TPSA) is 88.1 Å². The molecule has 2 aliphatic rings. The quantitative estimate of drug-likeness (QED) is 0.275. The van der Waals surface area contributed by atoms with Gasteiger partial charge in [-0.05, 0) is 95.0 Å². The summed E-state index contributed by atoms with van der Waals surface area (Å²) in [5.74, 6) is -0.131. The number of nitrogens with zero attached hydrogens (tertiary/aromatic N) is 2. The number of hydrogen-bond donors (Lipinski definition) is 1. The number of carbonyl (C=O) groups is 3. The summed E-state index contributed by atoms with van der Waals surface area (Å²) in [5, 5.41) is 2.82. The van der Waals surface area contributed by atoms with E-state index in [0.717, 1.165) is 60.5 Å². The zero-order chi connectivity index (χ0) is 30.5. The van der Waals surface area contributed by atoms with Gasteiger partial charge in [-0.15, -0.1) is 0 Å². The lowest BCUT2D eigenvalue weighted by Gasteiger charge is -2.44. The van der Waals surface area contributed by atoms with Gasteiger partial charge in [-0.3, -0.25) is 19.4 Å². The molecule has 1 aliphatic carbocycles. The van der Waals surface area contributed by atoms with Crippen LogP contribution in [0.4, 0.5) is 0 Å². The van der Waals surface area contributed by atoms with E-state index in [1.54, 1.807) is 0 Å². The van der Waals surface area contributed by atoms with Crippen LogP contribution in [0.3, 0.4) is 0 Å². The van der Waals surface area contributed by atoms with Crippen molar-refractivity contribution in [1.29, 1.82) is 0 Å². The van der Waals surface area contributed by atoms with E-state index >= 15 is 0 Å². The molecule has 0 unspecified atom stereocenters. The van der Waals surface area contributed by atoms with Crippen molar-refractivity contribution in [1.82, 2.24) is 10.2 Å². The molecule has 1 saturated carbocycles. The van der Waals surface area contributed by atoms with Gasteiger partial charge in [-0.25, -0.2) is 0 Å². The summed E-state index contributed by atoms with van der Waals surface area (Å²) in [6.45, 7) is 10.1. The van der Waals surface area contributed by atoms with Gasteiger partial charge in [0.15, 0.2) is 0 Å². The fourth-order valence-corrected chi connectivity index (χ4v) is 6.30. The summed E-state index contributed by atoms with van der Waals surface area (Å²) in [7, 11) is 0. The first-order valence-electron chi connectivity index (χ1n) is 15.2. The molecule has 2 aromatic rings. The van der Waals surface area contributed by atoms with E-state index in [-0.39, 0.29) is 36.8 Å². The van der Waals surface area contributed by atoms with Crippen LogP contribution in [0.5, 0.6) is 0 Å². The Bertz CT molecular complexity index is 1310. The minimum absolute atomic E-state index is 0.0206. The summed E-state index contributed by atoms with van der Waals surface area (Å²) >= 11 is 3.56. The van der Waals surface area contributed by atoms with Gasteiger partial charge in [0.25, 0.3) is 11.8 Å². The van der Waals surface area contributed by atoms with E-state index in [1.165, 1.54) is 0 Å². The Morgan fingerprint density at radius 2 is 1.74 bits per heavy atom. The first kappa shape index (κ1) is 31.9. The number of ether oxygens (including phenoxy) is 1. The summed E-state index contributed by atoms with van der Waals surface area (Å²) < 4.78 is 6.24. The van der Waals surface area contributed by atoms with Crippen LogP contribution >= 0.6 is 15.9 Å². The molecular formula is C34H44BrN3O4. The molecule has 0 bridgehead atoms. The molecule has 8 heteroatoms. The molecule has 4 rings (SSSR count). The van der Waals surface area contributed by atoms with Crippen molar-refractivity contribution in [3.63, 3.8) is 0 Å². The van der Waals surface area contributed by atoms with E-state index in [2.05, 4.69) is 40.0 Å². The highest BCUT2D eigenvalue weighted by molar-refractivity contribution is 9.10. The van der Waals surface area contributed by atoms with E-state index in [4.69, 9.17) is 9.73 Å². The van der Waals surface area contributed by atoms with Gasteiger partial charge in [-0.1, -0.05) is 60.5 Å². The molecule has 0 radical (unpaired) electrons. The van der Waals surface area contributed by atoms with Crippen molar-refractivity contribution < 1.29 is 19.1 Å². The molecule has 7 nitrogen and oxygen atoms in total. The van der Waals surface area contributed by atoms with Crippen molar-refractivity contribution in [2.45, 2.75) is 103 Å². The number of rotatable bonds is 10. The summed E-state index contributed by atoms with van der Waals surface area (Å²) in [4.78, 5) is 46.4. The molecule has 1 aliphatic heterocycles. The van der Waals surface area contributed by atoms with Crippen LogP contribution in [-0.4, -0.2) is 46.2 Å². The Balaban J connectivity index is 1.57. The Hall–Kier alpha value is -3.00. The number of nitrogens with one attached hydrogen (secondary N) is 1. The average Bonchev–Trinajstić information content (AvgIpc) is 3.19. The third kappa shape index (κ3) is 7.88. The van der Waals surface area contributed by atoms with Crippen LogP contribution < -0.4 is 5.32 Å². The second-order valence-electron chi connectivity index (χ2n) is 12.9. The Kier molecular flexibility index (Phi) is 10.3. The van der Waals surface area contributed by atoms with Crippen LogP contribution in [0, 0.1) is 5.92 Å². The van der Waals surface area contributed by atoms with Crippen molar-refractivity contribution in [2.75, 3.05) is 6.54 Å². The SMILES string of the molecule is CC(C)CC[C@H](c1ccc(C(=O)NCCC(=O)OC(C)(C)C)cc1)N1C(=O)C(c2cccc(Br)c2)=NC12CCCCC2. The highest BCUT2D eigenvalue weighted by atomic mass is 79.9. The van der Waals surface area contributed by atoms with Crippen molar-refractivity contribution >= 4 is 39.4 Å². The van der Waals surface area contributed by atoms with Crippen molar-refractivity contribution in [2.24, 2.45) is 10.9 Å². The van der Waals surface area contributed by atoms with E-state index in [9.17, 15) is 14.4 Å². The zero-order valence-electron chi connectivity index (χ0n) is 25.5. The third-order valence-corrected chi connectivity index (χ3v) is 8.36. The van der Waals surface area contributed by atoms with Gasteiger partial charge in [0.2, 0.25) is 0 Å². The fourth-order valence-electron chi connectivity index (χ4n) is 5.90. The monoisotopic (exact) mass is 637 g/mol. The number of carbonyl (C=O) groups excluding carboxylic acids is 3. The molecule has 226 valence electrons. The van der Waals surface area contributed by atoms with Gasteiger partial charge >= 0.3 is 5.97 Å². The maximum Gasteiger partial charge on any atom is 0.308 e. The van der Waals surface area contributed by atoms with Crippen LogP contribution in [0.15, 0.2) is 58.0 Å². The molecule has 2 aromatic carbocycles. The lowest BCUT2D eigenvalue weighted by atomic mass is 9.85. The minimum Gasteiger partial charge on any atom is -0.460 e. The van der Waals surface area contributed by atoms with Crippen LogP contribution in [0.25, 0.3) is 0 Å². The second-order valence-corrected chi connectivity index (χ2v) is 13.8. The smallest absolute Gasteiger partial charge is 0.308 e. The molecular weight excluding hydrogens is 594 g/mol. The number of esters is 1. The average molecular weight is 639 g/mol. The number of benzene rings is 2. The maximum atomic E-state index is 14.3. The lowest BCUT2D eigenvalue weighted by molar-refractivity contribution is -0.154. The molecule has 1 heterocycles. The van der Waals surface area contributed by atoms with Crippen LogP contribution in [0.2, 0.25) is 0 Å². The predicted molar refractivity (Wildman–Crippen MR) is 169 cm³/mol. The molecule has 1 fully saturated rings. The van der Waals surface area contributed by atoms with Gasteiger partial charge < -0.3 is 15.0 Å². The van der Waals surface area contributed by atoms with E-state index in [0.29, 0.717) is 17.2 Å². The molecule has 2 amide bonds. The van der Waals surface area contributed by atoms with Crippen LogP contribution in [0.1, 0.15) is 114 Å². The minimum atomic E-state index is -0.556. The van der Waals surface area contributed by atoms with E-state index in [1.807, 2.05) is 69.3 Å². The third-order valence-electron chi connectivity index (χ3n) is 7.86. The van der Waals surface area contributed by atoms with Gasteiger partial charge in [0.05, 0.1) is 12.5 Å². The maximum absolute atomic E-state index is 14.3. The summed E-state index contributed by atoms with van der Waals surface area (Å²) in [6.07, 6.45) is 6.82. The Labute approximate surface area is 258 Å². The molecule has 1 atom stereocenters. The fraction of sp³-hybridized carbons (Fsp3) is 0.529. The van der Waals surface area contributed by atoms with Gasteiger partial charge in [0, 0.05) is 22.1 Å². The number of hydrogen-bond acceptors (Lipinski definition) is 5. The summed E-state index contributed by atoms with van der Waals surface area (Å²) in [6, 6.07) is 15.2. The van der Waals surface area contributed by atoms with Crippen molar-refractivity contribution in [3.05, 3.63) is 69.7 Å². The highest BCUT2D eigenvalue weighted by Gasteiger charge is 2.50. The molecule has 1 spiro atoms. The highest BCUT2D eigenvalue weighted by Crippen LogP contribution is 2.46. The van der Waals surface area contributed by atoms with E-state index < -0.39 is 11.3 Å². The Morgan fingerprint density at radius 3 is 2.36 bits per heavy atom. The standard InChI is InChI=1S/C34H44BrN3O4/c1-23(2)12-17-28(24-13-15-25(16-14-24)31(40)36-21-18-29(39)42-33(3,4)5)38-32(41)30(26-10-9-11-27(35)22-26)37-34(38)19-7-6-8-20-34/h9-11,13-16,22-23,28H,6-8,12,17-21H2,1-5H3,(H,36,40)/t28-/m1/s1. The molecule has 42 heavy (non-hydrogen) atoms. The molecule has 1 N–H and O–H groups in total. The molecule has 0 aromatic heterocycles. The largest absolute Gasteiger partial charge is 0.460 e. The van der Waals surface area contributed by atoms with Gasteiger partial charge in [-0.2, -0.15) is 0 Å². The first-order valence-corrected chi connectivity index (χ1v) is 16.0. The second kappa shape index (κ2) is 13.5. The summed E-state index contributed by atoms with van der Waals surface area (Å²) in [5.41, 5.74) is 1.78. The van der Waals surface area contributed by atoms with Gasteiger partial charge in [0.1, 0.15) is 17.0 Å². The first-order chi connectivity index (χ1) is 19.9. The number of aliphatic imine (C=N–C) groups is 1. The number of halogens is 1. The predicted octanol–water partition coefficient (Wildman–Crippen LogP) is 7.38. The molecule has 0 saturated heterocycles. The van der Waals surface area contributed by atoms with Crippen LogP contribution in [-0.2, 0) is 14.3 Å². The zero-order valence-corrected chi connectivity index (χ0v) is 27.1. The Morgan fingerprint density at radius 1 is 1.05 bits per heavy atom. The number of amides is 2.